The molecule has 0 atom stereocenters. The highest BCUT2D eigenvalue weighted by Gasteiger charge is 2.23. The normalized spacial score (nSPS) is 13.2. The van der Waals surface area contributed by atoms with Crippen LogP contribution in [0.3, 0.4) is 0 Å². The number of nitrogens with zero attached hydrogens (tertiary/aromatic N) is 5. The topological polar surface area (TPSA) is 135 Å². The van der Waals surface area contributed by atoms with E-state index in [2.05, 4.69) is 15.0 Å². The van der Waals surface area contributed by atoms with Crippen LogP contribution in [0.15, 0.2) is 34.2 Å². The average Bonchev–Trinajstić information content (AvgIpc) is 3.17. The highest BCUT2D eigenvalue weighted by molar-refractivity contribution is 7.98. The van der Waals surface area contributed by atoms with Gasteiger partial charge in [-0.15, -0.1) is 11.3 Å². The maximum atomic E-state index is 13.8. The smallest absolute Gasteiger partial charge is 0.267 e. The van der Waals surface area contributed by atoms with Gasteiger partial charge in [-0.25, -0.2) is 4.98 Å². The molecule has 0 radical (unpaired) electrons. The number of hydrogen-bond acceptors (Lipinski definition) is 10. The minimum absolute atomic E-state index is 0.0549. The number of hydrogen-bond donors (Lipinski definition) is 2. The fraction of sp³-hybridized carbons (Fsp3) is 0.318. The van der Waals surface area contributed by atoms with Gasteiger partial charge in [0.25, 0.3) is 5.56 Å². The van der Waals surface area contributed by atoms with E-state index >= 15 is 0 Å². The average molecular weight is 482 g/mol. The van der Waals surface area contributed by atoms with Crippen LogP contribution in [-0.4, -0.2) is 31.1 Å². The maximum absolute atomic E-state index is 13.8. The van der Waals surface area contributed by atoms with Crippen LogP contribution in [0.1, 0.15) is 36.0 Å². The molecular formula is C22H23N7O2S2. The van der Waals surface area contributed by atoms with Crippen molar-refractivity contribution in [1.29, 1.82) is 0 Å². The number of aromatic nitrogens is 5. The molecule has 0 bridgehead atoms. The Kier molecular flexibility index (Phi) is 5.90. The van der Waals surface area contributed by atoms with Gasteiger partial charge in [-0.2, -0.15) is 15.0 Å². The summed E-state index contributed by atoms with van der Waals surface area (Å²) in [5.74, 6) is 1.66. The summed E-state index contributed by atoms with van der Waals surface area (Å²) in [6, 6.07) is 7.48. The van der Waals surface area contributed by atoms with Crippen molar-refractivity contribution >= 4 is 45.2 Å². The number of ether oxygens (including phenoxy) is 1. The molecule has 0 amide bonds. The first-order chi connectivity index (χ1) is 16.0. The molecule has 1 aromatic carbocycles. The Bertz CT molecular complexity index is 1360. The second-order valence-electron chi connectivity index (χ2n) is 7.61. The van der Waals surface area contributed by atoms with Gasteiger partial charge < -0.3 is 16.2 Å². The quantitative estimate of drug-likeness (QED) is 0.314. The van der Waals surface area contributed by atoms with E-state index in [0.717, 1.165) is 52.9 Å². The van der Waals surface area contributed by atoms with E-state index in [0.29, 0.717) is 23.3 Å². The van der Waals surface area contributed by atoms with E-state index in [1.807, 2.05) is 31.2 Å². The molecule has 5 rings (SSSR count). The number of thioether (sulfide) groups is 1. The van der Waals surface area contributed by atoms with Crippen LogP contribution < -0.4 is 21.8 Å². The number of nitrogen functional groups attached to an aromatic ring is 2. The Balaban J connectivity index is 1.62. The summed E-state index contributed by atoms with van der Waals surface area (Å²) in [4.78, 5) is 32.9. The summed E-state index contributed by atoms with van der Waals surface area (Å²) in [7, 11) is 0. The monoisotopic (exact) mass is 481 g/mol. The number of benzene rings is 1. The van der Waals surface area contributed by atoms with Crippen LogP contribution in [0.25, 0.3) is 15.9 Å². The number of thiophene rings is 1. The number of anilines is 2. The van der Waals surface area contributed by atoms with Crippen molar-refractivity contribution in [1.82, 2.24) is 24.5 Å². The fourth-order valence-corrected chi connectivity index (χ4v) is 6.19. The van der Waals surface area contributed by atoms with Crippen molar-refractivity contribution in [2.75, 3.05) is 18.1 Å². The third-order valence-electron chi connectivity index (χ3n) is 5.41. The Morgan fingerprint density at radius 1 is 1.06 bits per heavy atom. The summed E-state index contributed by atoms with van der Waals surface area (Å²) in [5, 5.41) is 1.30. The first kappa shape index (κ1) is 21.7. The Labute approximate surface area is 198 Å². The van der Waals surface area contributed by atoms with Gasteiger partial charge >= 0.3 is 0 Å². The van der Waals surface area contributed by atoms with E-state index in [9.17, 15) is 4.79 Å². The highest BCUT2D eigenvalue weighted by atomic mass is 32.2. The van der Waals surface area contributed by atoms with Gasteiger partial charge in [0.15, 0.2) is 5.16 Å². The molecule has 0 saturated carbocycles. The Hall–Kier alpha value is -3.18. The van der Waals surface area contributed by atoms with Gasteiger partial charge in [-0.1, -0.05) is 11.8 Å². The summed E-state index contributed by atoms with van der Waals surface area (Å²) < 4.78 is 7.23. The molecule has 1 aliphatic rings. The summed E-state index contributed by atoms with van der Waals surface area (Å²) in [6.07, 6.45) is 4.17. The molecule has 4 N–H and O–H groups in total. The maximum Gasteiger partial charge on any atom is 0.267 e. The van der Waals surface area contributed by atoms with Gasteiger partial charge in [0.1, 0.15) is 16.4 Å². The lowest BCUT2D eigenvalue weighted by molar-refractivity contribution is 0.340. The van der Waals surface area contributed by atoms with E-state index in [-0.39, 0.29) is 17.5 Å². The summed E-state index contributed by atoms with van der Waals surface area (Å²) in [6.45, 7) is 2.51. The molecule has 33 heavy (non-hydrogen) atoms. The van der Waals surface area contributed by atoms with E-state index < -0.39 is 0 Å². The fourth-order valence-electron chi connectivity index (χ4n) is 4.02. The summed E-state index contributed by atoms with van der Waals surface area (Å²) in [5.41, 5.74) is 13.3. The zero-order valence-corrected chi connectivity index (χ0v) is 19.7. The van der Waals surface area contributed by atoms with Gasteiger partial charge in [-0.05, 0) is 62.4 Å². The molecule has 170 valence electrons. The van der Waals surface area contributed by atoms with Crippen molar-refractivity contribution in [2.24, 2.45) is 0 Å². The van der Waals surface area contributed by atoms with Crippen LogP contribution in [0.4, 0.5) is 11.9 Å². The lowest BCUT2D eigenvalue weighted by Gasteiger charge is -2.14. The molecule has 0 saturated heterocycles. The van der Waals surface area contributed by atoms with Gasteiger partial charge in [-0.3, -0.25) is 9.36 Å². The molecule has 0 aliphatic heterocycles. The lowest BCUT2D eigenvalue weighted by Crippen LogP contribution is -2.22. The van der Waals surface area contributed by atoms with E-state index in [1.54, 1.807) is 15.9 Å². The van der Waals surface area contributed by atoms with Crippen LogP contribution >= 0.6 is 23.1 Å². The van der Waals surface area contributed by atoms with Crippen molar-refractivity contribution < 1.29 is 4.74 Å². The SMILES string of the molecule is CCOc1ccc(-n2c(SCc3nc(N)nc(N)n3)nc3sc4c(c3c2=O)CCCC4)cc1. The lowest BCUT2D eigenvalue weighted by atomic mass is 9.97. The predicted octanol–water partition coefficient (Wildman–Crippen LogP) is 3.37. The van der Waals surface area contributed by atoms with Crippen molar-refractivity contribution in [2.45, 2.75) is 43.5 Å². The van der Waals surface area contributed by atoms with Crippen LogP contribution in [0, 0.1) is 0 Å². The molecule has 0 unspecified atom stereocenters. The molecule has 3 aromatic heterocycles. The van der Waals surface area contributed by atoms with Crippen molar-refractivity contribution in [3.8, 4) is 11.4 Å². The standard InChI is InChI=1S/C22H23N7O2S2/c1-2-31-13-9-7-12(8-10-13)29-19(30)17-14-5-3-4-6-15(14)33-18(17)27-22(29)32-11-16-25-20(23)28-21(24)26-16/h7-10H,2-6,11H2,1H3,(H4,23,24,25,26,28). The molecule has 9 nitrogen and oxygen atoms in total. The zero-order chi connectivity index (χ0) is 22.9. The highest BCUT2D eigenvalue weighted by Crippen LogP contribution is 2.35. The third kappa shape index (κ3) is 4.25. The predicted molar refractivity (Wildman–Crippen MR) is 131 cm³/mol. The molecule has 0 spiro atoms. The summed E-state index contributed by atoms with van der Waals surface area (Å²) >= 11 is 2.99. The molecule has 1 aliphatic carbocycles. The Morgan fingerprint density at radius 3 is 2.52 bits per heavy atom. The molecule has 3 heterocycles. The molecular weight excluding hydrogens is 458 g/mol. The molecule has 0 fully saturated rings. The first-order valence-electron chi connectivity index (χ1n) is 10.7. The Morgan fingerprint density at radius 2 is 1.79 bits per heavy atom. The number of fused-ring (bicyclic) bond motifs is 3. The minimum atomic E-state index is -0.0549. The number of nitrogens with two attached hydrogens (primary N) is 2. The molecule has 4 aromatic rings. The van der Waals surface area contributed by atoms with Gasteiger partial charge in [0.2, 0.25) is 11.9 Å². The second-order valence-corrected chi connectivity index (χ2v) is 9.64. The zero-order valence-electron chi connectivity index (χ0n) is 18.1. The largest absolute Gasteiger partial charge is 0.494 e. The van der Waals surface area contributed by atoms with Gasteiger partial charge in [0.05, 0.1) is 23.4 Å². The van der Waals surface area contributed by atoms with E-state index in [4.69, 9.17) is 21.2 Å². The van der Waals surface area contributed by atoms with Crippen LogP contribution in [-0.2, 0) is 18.6 Å². The van der Waals surface area contributed by atoms with Crippen LogP contribution in [0.2, 0.25) is 0 Å². The van der Waals surface area contributed by atoms with Crippen molar-refractivity contribution in [3.63, 3.8) is 0 Å². The third-order valence-corrected chi connectivity index (χ3v) is 7.53. The van der Waals surface area contributed by atoms with Crippen LogP contribution in [0.5, 0.6) is 5.75 Å². The molecule has 11 heteroatoms. The first-order valence-corrected chi connectivity index (χ1v) is 12.5. The number of aryl methyl sites for hydroxylation is 2. The van der Waals surface area contributed by atoms with Crippen molar-refractivity contribution in [3.05, 3.63) is 50.9 Å². The minimum Gasteiger partial charge on any atom is -0.494 e. The number of rotatable bonds is 6. The second kappa shape index (κ2) is 8.99. The van der Waals surface area contributed by atoms with E-state index in [1.165, 1.54) is 16.6 Å². The van der Waals surface area contributed by atoms with Gasteiger partial charge in [0, 0.05) is 4.88 Å².